The molecule has 0 radical (unpaired) electrons. The van der Waals surface area contributed by atoms with Crippen molar-refractivity contribution in [3.05, 3.63) is 65.5 Å². The van der Waals surface area contributed by atoms with Gasteiger partial charge < -0.3 is 5.73 Å². The van der Waals surface area contributed by atoms with Gasteiger partial charge in [0.15, 0.2) is 0 Å². The molecule has 0 aliphatic heterocycles. The first-order valence-corrected chi connectivity index (χ1v) is 6.79. The maximum atomic E-state index is 12.6. The zero-order valence-electron chi connectivity index (χ0n) is 11.9. The molecule has 0 aliphatic rings. The molecule has 1 aromatic heterocycles. The molecule has 0 fully saturated rings. The molecule has 0 amide bonds. The predicted molar refractivity (Wildman–Crippen MR) is 78.9 cm³/mol. The molecule has 1 unspecified atom stereocenters. The molecule has 3 nitrogen and oxygen atoms in total. The second-order valence-corrected chi connectivity index (χ2v) is 5.00. The van der Waals surface area contributed by atoms with Crippen LogP contribution in [0.2, 0.25) is 0 Å². The highest BCUT2D eigenvalue weighted by atomic mass is 19.3. The van der Waals surface area contributed by atoms with Gasteiger partial charge in [-0.25, -0.2) is 8.78 Å². The Morgan fingerprint density at radius 2 is 1.81 bits per heavy atom. The van der Waals surface area contributed by atoms with E-state index in [2.05, 4.69) is 9.88 Å². The van der Waals surface area contributed by atoms with Crippen LogP contribution in [0.4, 0.5) is 8.78 Å². The van der Waals surface area contributed by atoms with E-state index in [0.29, 0.717) is 13.1 Å². The first-order chi connectivity index (χ1) is 10.1. The molecule has 5 heteroatoms. The molecule has 1 aromatic carbocycles. The number of alkyl halides is 2. The van der Waals surface area contributed by atoms with Gasteiger partial charge in [0.2, 0.25) is 0 Å². The van der Waals surface area contributed by atoms with Crippen LogP contribution >= 0.6 is 0 Å². The number of pyridine rings is 1. The van der Waals surface area contributed by atoms with Gasteiger partial charge in [-0.15, -0.1) is 0 Å². The Labute approximate surface area is 123 Å². The summed E-state index contributed by atoms with van der Waals surface area (Å²) in [5.74, 6) is 0. The van der Waals surface area contributed by atoms with Gasteiger partial charge in [-0.2, -0.15) is 0 Å². The highest BCUT2D eigenvalue weighted by Crippen LogP contribution is 2.24. The number of hydrogen-bond donors (Lipinski definition) is 1. The molecule has 0 aliphatic carbocycles. The van der Waals surface area contributed by atoms with Crippen molar-refractivity contribution in [2.75, 3.05) is 13.6 Å². The van der Waals surface area contributed by atoms with Crippen molar-refractivity contribution in [2.45, 2.75) is 19.0 Å². The van der Waals surface area contributed by atoms with Crippen LogP contribution in [0.1, 0.15) is 29.2 Å². The molecular weight excluding hydrogens is 272 g/mol. The van der Waals surface area contributed by atoms with Crippen LogP contribution in [-0.4, -0.2) is 23.5 Å². The number of hydrogen-bond acceptors (Lipinski definition) is 3. The maximum Gasteiger partial charge on any atom is 0.263 e. The molecule has 2 rings (SSSR count). The largest absolute Gasteiger partial charge is 0.329 e. The van der Waals surface area contributed by atoms with Crippen LogP contribution in [0.15, 0.2) is 48.8 Å². The minimum atomic E-state index is -2.44. The average molecular weight is 291 g/mol. The predicted octanol–water partition coefficient (Wildman–Crippen LogP) is 3.15. The Bertz CT molecular complexity index is 543. The monoisotopic (exact) mass is 291 g/mol. The minimum absolute atomic E-state index is 0.0167. The van der Waals surface area contributed by atoms with Crippen molar-refractivity contribution >= 4 is 0 Å². The highest BCUT2D eigenvalue weighted by molar-refractivity contribution is 5.26. The molecule has 0 spiro atoms. The fourth-order valence-electron chi connectivity index (χ4n) is 2.32. The van der Waals surface area contributed by atoms with E-state index >= 15 is 0 Å². The normalized spacial score (nSPS) is 12.9. The van der Waals surface area contributed by atoms with Crippen molar-refractivity contribution in [1.82, 2.24) is 9.88 Å². The summed E-state index contributed by atoms with van der Waals surface area (Å²) in [6.45, 7) is 1.12. The number of halogens is 2. The van der Waals surface area contributed by atoms with Crippen molar-refractivity contribution < 1.29 is 8.78 Å². The van der Waals surface area contributed by atoms with E-state index in [1.807, 2.05) is 25.4 Å². The van der Waals surface area contributed by atoms with Crippen LogP contribution in [0.25, 0.3) is 0 Å². The Morgan fingerprint density at radius 3 is 2.33 bits per heavy atom. The summed E-state index contributed by atoms with van der Waals surface area (Å²) < 4.78 is 25.2. The van der Waals surface area contributed by atoms with E-state index in [4.69, 9.17) is 5.73 Å². The zero-order valence-corrected chi connectivity index (χ0v) is 11.9. The second kappa shape index (κ2) is 7.24. The zero-order chi connectivity index (χ0) is 15.2. The van der Waals surface area contributed by atoms with Gasteiger partial charge in [-0.3, -0.25) is 9.88 Å². The SMILES string of the molecule is CN(Cc1cccnc1)C(CN)c1ccc(C(F)F)cc1. The number of likely N-dealkylation sites (N-methyl/N-ethyl adjacent to an activating group) is 1. The molecule has 1 atom stereocenters. The van der Waals surface area contributed by atoms with E-state index in [9.17, 15) is 8.78 Å². The lowest BCUT2D eigenvalue weighted by Crippen LogP contribution is -2.30. The minimum Gasteiger partial charge on any atom is -0.329 e. The third kappa shape index (κ3) is 4.06. The van der Waals surface area contributed by atoms with E-state index in [-0.39, 0.29) is 11.6 Å². The molecule has 1 heterocycles. The molecular formula is C16H19F2N3. The number of rotatable bonds is 6. The maximum absolute atomic E-state index is 12.6. The van der Waals surface area contributed by atoms with Crippen molar-refractivity contribution in [2.24, 2.45) is 5.73 Å². The lowest BCUT2D eigenvalue weighted by atomic mass is 10.0. The summed E-state index contributed by atoms with van der Waals surface area (Å²) in [5.41, 5.74) is 7.91. The molecule has 2 aromatic rings. The third-order valence-corrected chi connectivity index (χ3v) is 3.48. The second-order valence-electron chi connectivity index (χ2n) is 5.00. The topological polar surface area (TPSA) is 42.2 Å². The summed E-state index contributed by atoms with van der Waals surface area (Å²) >= 11 is 0. The van der Waals surface area contributed by atoms with E-state index in [1.54, 1.807) is 18.3 Å². The first kappa shape index (κ1) is 15.5. The summed E-state index contributed by atoms with van der Waals surface area (Å²) in [5, 5.41) is 0. The summed E-state index contributed by atoms with van der Waals surface area (Å²) in [7, 11) is 1.96. The standard InChI is InChI=1S/C16H19F2N3/c1-21(11-12-3-2-8-20-10-12)15(9-19)13-4-6-14(7-5-13)16(17)18/h2-8,10,15-16H,9,11,19H2,1H3. The van der Waals surface area contributed by atoms with E-state index < -0.39 is 6.43 Å². The Kier molecular flexibility index (Phi) is 5.36. The van der Waals surface area contributed by atoms with Gasteiger partial charge in [0, 0.05) is 37.1 Å². The van der Waals surface area contributed by atoms with Crippen molar-refractivity contribution in [1.29, 1.82) is 0 Å². The molecule has 2 N–H and O–H groups in total. The van der Waals surface area contributed by atoms with Crippen LogP contribution in [0, 0.1) is 0 Å². The van der Waals surface area contributed by atoms with Gasteiger partial charge in [0.25, 0.3) is 6.43 Å². The van der Waals surface area contributed by atoms with E-state index in [1.165, 1.54) is 12.1 Å². The number of nitrogens with two attached hydrogens (primary N) is 1. The van der Waals surface area contributed by atoms with Gasteiger partial charge >= 0.3 is 0 Å². The average Bonchev–Trinajstić information content (AvgIpc) is 2.49. The number of benzene rings is 1. The highest BCUT2D eigenvalue weighted by Gasteiger charge is 2.16. The summed E-state index contributed by atoms with van der Waals surface area (Å²) in [4.78, 5) is 6.18. The van der Waals surface area contributed by atoms with Crippen LogP contribution in [0.5, 0.6) is 0 Å². The first-order valence-electron chi connectivity index (χ1n) is 6.79. The van der Waals surface area contributed by atoms with Crippen molar-refractivity contribution in [3.63, 3.8) is 0 Å². The summed E-state index contributed by atoms with van der Waals surface area (Å²) in [6, 6.07) is 10.2. The molecule has 0 saturated carbocycles. The third-order valence-electron chi connectivity index (χ3n) is 3.48. The number of nitrogens with zero attached hydrogens (tertiary/aromatic N) is 2. The smallest absolute Gasteiger partial charge is 0.263 e. The van der Waals surface area contributed by atoms with Crippen LogP contribution in [0.3, 0.4) is 0 Å². The van der Waals surface area contributed by atoms with Gasteiger partial charge in [0.05, 0.1) is 0 Å². The summed E-state index contributed by atoms with van der Waals surface area (Å²) in [6.07, 6.45) is 1.10. The quantitative estimate of drug-likeness (QED) is 0.889. The number of aromatic nitrogens is 1. The van der Waals surface area contributed by atoms with Gasteiger partial charge in [-0.05, 0) is 24.2 Å². The van der Waals surface area contributed by atoms with Crippen molar-refractivity contribution in [3.8, 4) is 0 Å². The Balaban J connectivity index is 2.11. The van der Waals surface area contributed by atoms with E-state index in [0.717, 1.165) is 11.1 Å². The molecule has 0 bridgehead atoms. The Hall–Kier alpha value is -1.85. The fraction of sp³-hybridized carbons (Fsp3) is 0.312. The van der Waals surface area contributed by atoms with Crippen LogP contribution < -0.4 is 5.73 Å². The van der Waals surface area contributed by atoms with Gasteiger partial charge in [-0.1, -0.05) is 30.3 Å². The lowest BCUT2D eigenvalue weighted by molar-refractivity contribution is 0.151. The fourth-order valence-corrected chi connectivity index (χ4v) is 2.32. The van der Waals surface area contributed by atoms with Crippen LogP contribution in [-0.2, 0) is 6.54 Å². The molecule has 112 valence electrons. The lowest BCUT2D eigenvalue weighted by Gasteiger charge is -2.27. The molecule has 0 saturated heterocycles. The molecule has 21 heavy (non-hydrogen) atoms. The Morgan fingerprint density at radius 1 is 1.14 bits per heavy atom. The van der Waals surface area contributed by atoms with Gasteiger partial charge in [0.1, 0.15) is 0 Å².